The van der Waals surface area contributed by atoms with E-state index in [1.807, 2.05) is 12.1 Å². The molecular weight excluding hydrogens is 591 g/mol. The summed E-state index contributed by atoms with van der Waals surface area (Å²) in [5, 5.41) is 7.60. The van der Waals surface area contributed by atoms with E-state index < -0.39 is 21.8 Å². The van der Waals surface area contributed by atoms with Crippen LogP contribution in [-0.2, 0) is 16.2 Å². The lowest BCUT2D eigenvalue weighted by Crippen LogP contribution is -2.30. The number of hydrogen-bond donors (Lipinski definition) is 1. The van der Waals surface area contributed by atoms with Crippen LogP contribution in [0.4, 0.5) is 30.2 Å². The van der Waals surface area contributed by atoms with Crippen molar-refractivity contribution in [3.8, 4) is 11.4 Å². The van der Waals surface area contributed by atoms with Gasteiger partial charge in [-0.2, -0.15) is 22.6 Å². The normalized spacial score (nSPS) is 12.3. The highest BCUT2D eigenvalue weighted by molar-refractivity contribution is 7.89. The van der Waals surface area contributed by atoms with E-state index in [1.54, 1.807) is 39.0 Å². The molecule has 1 aromatic heterocycles. The van der Waals surface area contributed by atoms with Crippen molar-refractivity contribution in [2.75, 3.05) is 25.5 Å². The molecule has 0 unspecified atom stereocenters. The Labute approximate surface area is 247 Å². The number of aromatic nitrogens is 2. The zero-order chi connectivity index (χ0) is 30.7. The van der Waals surface area contributed by atoms with Crippen molar-refractivity contribution in [3.63, 3.8) is 0 Å². The molecule has 1 N–H and O–H groups in total. The van der Waals surface area contributed by atoms with Gasteiger partial charge in [-0.25, -0.2) is 13.1 Å². The molecule has 8 nitrogen and oxygen atoms in total. The summed E-state index contributed by atoms with van der Waals surface area (Å²) < 4.78 is 74.4. The van der Waals surface area contributed by atoms with Crippen LogP contribution in [0.3, 0.4) is 0 Å². The Kier molecular flexibility index (Phi) is 9.29. The fraction of sp³-hybridized carbons (Fsp3) is 0.241. The predicted molar refractivity (Wildman–Crippen MR) is 158 cm³/mol. The van der Waals surface area contributed by atoms with Crippen LogP contribution in [0, 0.1) is 6.92 Å². The standard InChI is InChI=1S/C29H29ClF3N5O3S/c1-5-37(6-2)42(39,40)22-14-15-24(35-25-12-7-8-13-27(25)41-4)26(17-22)34-18-23-19(3)36-38(28(23)30)21-11-9-10-20(16-21)29(31,32)33/h7-18,35H,5-6H2,1-4H3. The Morgan fingerprint density at radius 1 is 1.05 bits per heavy atom. The van der Waals surface area contributed by atoms with Crippen molar-refractivity contribution < 1.29 is 26.3 Å². The van der Waals surface area contributed by atoms with E-state index in [2.05, 4.69) is 15.4 Å². The molecule has 4 rings (SSSR count). The molecule has 3 aromatic carbocycles. The second-order valence-electron chi connectivity index (χ2n) is 9.10. The van der Waals surface area contributed by atoms with Crippen molar-refractivity contribution in [2.45, 2.75) is 31.8 Å². The number of rotatable bonds is 10. The van der Waals surface area contributed by atoms with Gasteiger partial charge in [0.1, 0.15) is 10.9 Å². The Morgan fingerprint density at radius 2 is 1.76 bits per heavy atom. The lowest BCUT2D eigenvalue weighted by Gasteiger charge is -2.19. The van der Waals surface area contributed by atoms with Crippen LogP contribution in [0.25, 0.3) is 5.69 Å². The molecule has 0 atom stereocenters. The molecular formula is C29H29ClF3N5O3S. The van der Waals surface area contributed by atoms with Crippen molar-refractivity contribution in [3.05, 3.63) is 88.7 Å². The van der Waals surface area contributed by atoms with Gasteiger partial charge in [0.25, 0.3) is 0 Å². The average molecular weight is 620 g/mol. The number of benzene rings is 3. The number of aliphatic imine (C=N–C) groups is 1. The van der Waals surface area contributed by atoms with Crippen molar-refractivity contribution >= 4 is 44.9 Å². The van der Waals surface area contributed by atoms with Gasteiger partial charge in [0.2, 0.25) is 10.0 Å². The van der Waals surface area contributed by atoms with Crippen molar-refractivity contribution in [1.82, 2.24) is 14.1 Å². The fourth-order valence-corrected chi connectivity index (χ4v) is 6.07. The smallest absolute Gasteiger partial charge is 0.416 e. The molecule has 0 bridgehead atoms. The van der Waals surface area contributed by atoms with Crippen molar-refractivity contribution in [2.24, 2.45) is 4.99 Å². The van der Waals surface area contributed by atoms with E-state index in [-0.39, 0.29) is 21.4 Å². The number of aryl methyl sites for hydroxylation is 1. The van der Waals surface area contributed by atoms with E-state index in [0.29, 0.717) is 41.5 Å². The summed E-state index contributed by atoms with van der Waals surface area (Å²) in [5.41, 5.74) is 1.44. The number of anilines is 2. The molecule has 1 heterocycles. The predicted octanol–water partition coefficient (Wildman–Crippen LogP) is 7.39. The van der Waals surface area contributed by atoms with Crippen LogP contribution in [0.1, 0.15) is 30.7 Å². The molecule has 4 aromatic rings. The van der Waals surface area contributed by atoms with Crippen LogP contribution >= 0.6 is 11.6 Å². The van der Waals surface area contributed by atoms with Crippen LogP contribution < -0.4 is 10.1 Å². The monoisotopic (exact) mass is 619 g/mol. The first-order chi connectivity index (χ1) is 19.9. The molecule has 42 heavy (non-hydrogen) atoms. The van der Waals surface area contributed by atoms with Gasteiger partial charge in [0, 0.05) is 19.3 Å². The summed E-state index contributed by atoms with van der Waals surface area (Å²) in [7, 11) is -2.27. The van der Waals surface area contributed by atoms with E-state index in [1.165, 1.54) is 46.6 Å². The summed E-state index contributed by atoms with van der Waals surface area (Å²) in [6, 6.07) is 16.4. The van der Waals surface area contributed by atoms with Gasteiger partial charge in [0.05, 0.1) is 51.6 Å². The van der Waals surface area contributed by atoms with Gasteiger partial charge >= 0.3 is 6.18 Å². The van der Waals surface area contributed by atoms with E-state index >= 15 is 0 Å². The molecule has 0 fully saturated rings. The highest BCUT2D eigenvalue weighted by Crippen LogP contribution is 2.36. The highest BCUT2D eigenvalue weighted by Gasteiger charge is 2.31. The fourth-order valence-electron chi connectivity index (χ4n) is 4.27. The summed E-state index contributed by atoms with van der Waals surface area (Å²) in [5.74, 6) is 0.563. The van der Waals surface area contributed by atoms with Crippen LogP contribution in [-0.4, -0.2) is 48.9 Å². The maximum Gasteiger partial charge on any atom is 0.416 e. The first-order valence-electron chi connectivity index (χ1n) is 12.9. The number of hydrogen-bond acceptors (Lipinski definition) is 6. The second-order valence-corrected chi connectivity index (χ2v) is 11.4. The molecule has 0 amide bonds. The van der Waals surface area contributed by atoms with Gasteiger partial charge < -0.3 is 10.1 Å². The van der Waals surface area contributed by atoms with Gasteiger partial charge in [-0.15, -0.1) is 0 Å². The molecule has 0 saturated carbocycles. The summed E-state index contributed by atoms with van der Waals surface area (Å²) >= 11 is 6.58. The first kappa shape index (κ1) is 31.1. The summed E-state index contributed by atoms with van der Waals surface area (Å²) in [6.45, 7) is 5.74. The van der Waals surface area contributed by atoms with E-state index in [4.69, 9.17) is 16.3 Å². The summed E-state index contributed by atoms with van der Waals surface area (Å²) in [6.07, 6.45) is -3.12. The van der Waals surface area contributed by atoms with Crippen LogP contribution in [0.2, 0.25) is 5.15 Å². The highest BCUT2D eigenvalue weighted by atomic mass is 35.5. The Bertz CT molecular complexity index is 1720. The van der Waals surface area contributed by atoms with Gasteiger partial charge in [-0.1, -0.05) is 43.6 Å². The zero-order valence-electron chi connectivity index (χ0n) is 23.3. The number of ether oxygens (including phenoxy) is 1. The molecule has 0 spiro atoms. The van der Waals surface area contributed by atoms with E-state index in [9.17, 15) is 21.6 Å². The third-order valence-electron chi connectivity index (χ3n) is 6.49. The number of para-hydroxylation sites is 2. The number of sulfonamides is 1. The topological polar surface area (TPSA) is 88.8 Å². The quantitative estimate of drug-likeness (QED) is 0.187. The lowest BCUT2D eigenvalue weighted by atomic mass is 10.2. The molecule has 0 radical (unpaired) electrons. The molecule has 0 aliphatic carbocycles. The Balaban J connectivity index is 1.80. The van der Waals surface area contributed by atoms with Gasteiger partial charge in [-0.05, 0) is 55.5 Å². The number of nitrogens with zero attached hydrogens (tertiary/aromatic N) is 4. The number of alkyl halides is 3. The maximum absolute atomic E-state index is 13.3. The minimum atomic E-state index is -4.53. The molecule has 0 saturated heterocycles. The molecule has 0 aliphatic heterocycles. The molecule has 13 heteroatoms. The number of methoxy groups -OCH3 is 1. The summed E-state index contributed by atoms with van der Waals surface area (Å²) in [4.78, 5) is 4.62. The van der Waals surface area contributed by atoms with Crippen LogP contribution in [0.15, 0.2) is 76.6 Å². The lowest BCUT2D eigenvalue weighted by molar-refractivity contribution is -0.137. The molecule has 0 aliphatic rings. The second kappa shape index (κ2) is 12.6. The third-order valence-corrected chi connectivity index (χ3v) is 8.90. The Hall–Kier alpha value is -3.87. The number of halogens is 4. The van der Waals surface area contributed by atoms with Gasteiger partial charge in [0.15, 0.2) is 0 Å². The largest absolute Gasteiger partial charge is 0.495 e. The number of nitrogens with one attached hydrogen (secondary N) is 1. The molecule has 222 valence electrons. The Morgan fingerprint density at radius 3 is 2.43 bits per heavy atom. The van der Waals surface area contributed by atoms with E-state index in [0.717, 1.165) is 12.1 Å². The third kappa shape index (κ3) is 6.45. The SMILES string of the molecule is CCN(CC)S(=O)(=O)c1ccc(Nc2ccccc2OC)c(N=Cc2c(C)nn(-c3cccc(C(F)(F)F)c3)c2Cl)c1. The van der Waals surface area contributed by atoms with Crippen molar-refractivity contribution in [1.29, 1.82) is 0 Å². The minimum Gasteiger partial charge on any atom is -0.495 e. The average Bonchev–Trinajstić information content (AvgIpc) is 3.25. The van der Waals surface area contributed by atoms with Gasteiger partial charge in [-0.3, -0.25) is 4.99 Å². The van der Waals surface area contributed by atoms with Crippen LogP contribution in [0.5, 0.6) is 5.75 Å². The maximum atomic E-state index is 13.3. The first-order valence-corrected chi connectivity index (χ1v) is 14.7. The zero-order valence-corrected chi connectivity index (χ0v) is 24.8. The minimum absolute atomic E-state index is 0.0433.